The number of phenols is 1. The quantitative estimate of drug-likeness (QED) is 0.591. The van der Waals surface area contributed by atoms with Gasteiger partial charge >= 0.3 is 10.2 Å². The van der Waals surface area contributed by atoms with Gasteiger partial charge in [-0.3, -0.25) is 4.79 Å². The van der Waals surface area contributed by atoms with Crippen LogP contribution in [0.2, 0.25) is 5.02 Å². The molecule has 30 heavy (non-hydrogen) atoms. The van der Waals surface area contributed by atoms with Gasteiger partial charge in [-0.1, -0.05) is 24.6 Å². The van der Waals surface area contributed by atoms with E-state index in [0.717, 1.165) is 0 Å². The van der Waals surface area contributed by atoms with Gasteiger partial charge in [-0.2, -0.15) is 8.42 Å². The molecule has 2 heterocycles. The summed E-state index contributed by atoms with van der Waals surface area (Å²) in [4.78, 5) is 13.5. The third-order valence-corrected chi connectivity index (χ3v) is 5.24. The van der Waals surface area contributed by atoms with Gasteiger partial charge in [0, 0.05) is 20.2 Å². The molecular weight excluding hydrogens is 434 g/mol. The molecule has 0 spiro atoms. The smallest absolute Gasteiger partial charge is 0.367 e. The summed E-state index contributed by atoms with van der Waals surface area (Å²) in [5.74, 6) is -0.443. The first-order valence-electron chi connectivity index (χ1n) is 8.87. The first kappa shape index (κ1) is 21.7. The Labute approximate surface area is 178 Å². The Hall–Kier alpha value is -3.05. The van der Waals surface area contributed by atoms with E-state index >= 15 is 0 Å². The van der Waals surface area contributed by atoms with Gasteiger partial charge in [0.2, 0.25) is 0 Å². The average molecular weight is 454 g/mol. The third kappa shape index (κ3) is 4.57. The number of carbonyl (C=O) groups excluding carboxylic acids is 1. The maximum atomic E-state index is 12.2. The molecule has 12 heteroatoms. The number of phenolic OH excluding ortho intramolecular Hbond substituents is 1. The molecule has 0 saturated carbocycles. The van der Waals surface area contributed by atoms with Gasteiger partial charge in [0.1, 0.15) is 12.0 Å². The number of halogens is 1. The molecule has 1 amide bonds. The highest BCUT2D eigenvalue weighted by Gasteiger charge is 2.28. The summed E-state index contributed by atoms with van der Waals surface area (Å²) in [5.41, 5.74) is 0.150. The number of carbonyl (C=O) groups is 1. The second-order valence-electron chi connectivity index (χ2n) is 6.63. The van der Waals surface area contributed by atoms with Gasteiger partial charge in [0.25, 0.3) is 5.91 Å². The fourth-order valence-electron chi connectivity index (χ4n) is 2.75. The number of aromatic hydroxyl groups is 1. The van der Waals surface area contributed by atoms with Crippen LogP contribution in [0.25, 0.3) is 0 Å². The van der Waals surface area contributed by atoms with E-state index in [1.807, 2.05) is 6.92 Å². The standard InChI is InChI=1S/C18H20ClN5O5S/c1-4-12(14-8-10(19)9-29-14)20-16-17(23-30(27,28)22-16)21-13-7-5-6-11(15(13)25)18(26)24(2)3/h5-9,12,25H,4H2,1-3H3,(H,20,22)(H,21,23)/t12-/m1/s1. The van der Waals surface area contributed by atoms with E-state index in [1.165, 1.54) is 23.3 Å². The summed E-state index contributed by atoms with van der Waals surface area (Å²) in [6.45, 7) is 1.87. The highest BCUT2D eigenvalue weighted by atomic mass is 35.5. The monoisotopic (exact) mass is 453 g/mol. The summed E-state index contributed by atoms with van der Waals surface area (Å²) in [6.07, 6.45) is 1.90. The molecule has 1 aromatic carbocycles. The maximum Gasteiger partial charge on any atom is 0.367 e. The number of hydrogen-bond donors (Lipinski definition) is 3. The molecule has 0 saturated heterocycles. The lowest BCUT2D eigenvalue weighted by Gasteiger charge is -2.18. The summed E-state index contributed by atoms with van der Waals surface area (Å²) in [5, 5.41) is 16.6. The number of rotatable bonds is 5. The maximum absolute atomic E-state index is 12.2. The van der Waals surface area contributed by atoms with Crippen molar-refractivity contribution in [3.05, 3.63) is 46.9 Å². The molecule has 0 bridgehead atoms. The molecule has 160 valence electrons. The minimum absolute atomic E-state index is 0.0505. The van der Waals surface area contributed by atoms with Crippen molar-refractivity contribution in [3.8, 4) is 5.75 Å². The lowest BCUT2D eigenvalue weighted by atomic mass is 10.1. The molecular formula is C18H20ClN5O5S. The Kier molecular flexibility index (Phi) is 6.04. The van der Waals surface area contributed by atoms with Crippen molar-refractivity contribution in [2.75, 3.05) is 19.4 Å². The van der Waals surface area contributed by atoms with E-state index < -0.39 is 22.2 Å². The third-order valence-electron chi connectivity index (χ3n) is 4.21. The zero-order chi connectivity index (χ0) is 22.1. The fraction of sp³-hybridized carbons (Fsp3) is 0.278. The van der Waals surface area contributed by atoms with Crippen LogP contribution in [0.3, 0.4) is 0 Å². The molecule has 0 fully saturated rings. The molecule has 3 rings (SSSR count). The Morgan fingerprint density at radius 3 is 2.60 bits per heavy atom. The van der Waals surface area contributed by atoms with Crippen LogP contribution >= 0.6 is 11.6 Å². The van der Waals surface area contributed by atoms with Gasteiger partial charge in [-0.25, -0.2) is 0 Å². The Bertz CT molecular complexity index is 1140. The van der Waals surface area contributed by atoms with Crippen molar-refractivity contribution < 1.29 is 22.7 Å². The minimum atomic E-state index is -4.11. The highest BCUT2D eigenvalue weighted by Crippen LogP contribution is 2.29. The SMILES string of the molecule is CC[C@@H](NC1=NS(=O)(=O)N=C1Nc1cccc(C(=O)N(C)C)c1O)c1cc(Cl)co1. The predicted molar refractivity (Wildman–Crippen MR) is 113 cm³/mol. The molecule has 1 aromatic heterocycles. The summed E-state index contributed by atoms with van der Waals surface area (Å²) < 4.78 is 36.5. The van der Waals surface area contributed by atoms with Crippen molar-refractivity contribution >= 4 is 45.1 Å². The van der Waals surface area contributed by atoms with E-state index in [-0.39, 0.29) is 28.7 Å². The van der Waals surface area contributed by atoms with Crippen LogP contribution in [0.1, 0.15) is 35.5 Å². The highest BCUT2D eigenvalue weighted by molar-refractivity contribution is 7.89. The average Bonchev–Trinajstić information content (AvgIpc) is 3.23. The van der Waals surface area contributed by atoms with Crippen molar-refractivity contribution in [2.45, 2.75) is 19.4 Å². The number of furan rings is 1. The Morgan fingerprint density at radius 1 is 1.30 bits per heavy atom. The minimum Gasteiger partial charge on any atom is -0.505 e. The molecule has 0 radical (unpaired) electrons. The topological polar surface area (TPSA) is 137 Å². The van der Waals surface area contributed by atoms with Gasteiger partial charge in [-0.15, -0.1) is 8.80 Å². The molecule has 1 aliphatic heterocycles. The first-order chi connectivity index (χ1) is 14.1. The fourth-order valence-corrected chi connectivity index (χ4v) is 3.68. The van der Waals surface area contributed by atoms with E-state index in [9.17, 15) is 18.3 Å². The van der Waals surface area contributed by atoms with Crippen LogP contribution in [0, 0.1) is 0 Å². The number of amides is 1. The number of amidine groups is 2. The zero-order valence-electron chi connectivity index (χ0n) is 16.4. The number of para-hydroxylation sites is 1. The summed E-state index contributed by atoms with van der Waals surface area (Å²) >= 11 is 5.90. The van der Waals surface area contributed by atoms with E-state index in [4.69, 9.17) is 16.0 Å². The van der Waals surface area contributed by atoms with Gasteiger partial charge in [0.15, 0.2) is 17.4 Å². The van der Waals surface area contributed by atoms with Crippen molar-refractivity contribution in [2.24, 2.45) is 8.80 Å². The van der Waals surface area contributed by atoms with Gasteiger partial charge in [-0.05, 0) is 18.6 Å². The Balaban J connectivity index is 1.89. The second-order valence-corrected chi connectivity index (χ2v) is 8.32. The molecule has 0 unspecified atom stereocenters. The lowest BCUT2D eigenvalue weighted by molar-refractivity contribution is 0.0824. The molecule has 3 N–H and O–H groups in total. The molecule has 10 nitrogen and oxygen atoms in total. The van der Waals surface area contributed by atoms with Crippen molar-refractivity contribution in [1.82, 2.24) is 10.2 Å². The molecule has 1 aliphatic rings. The van der Waals surface area contributed by atoms with Crippen molar-refractivity contribution in [3.63, 3.8) is 0 Å². The molecule has 0 aliphatic carbocycles. The summed E-state index contributed by atoms with van der Waals surface area (Å²) in [6, 6.07) is 5.67. The Morgan fingerprint density at radius 2 is 2.00 bits per heavy atom. The number of benzene rings is 1. The zero-order valence-corrected chi connectivity index (χ0v) is 18.0. The van der Waals surface area contributed by atoms with Crippen LogP contribution in [-0.4, -0.2) is 50.1 Å². The van der Waals surface area contributed by atoms with E-state index in [2.05, 4.69) is 19.4 Å². The van der Waals surface area contributed by atoms with Crippen LogP contribution in [-0.2, 0) is 10.2 Å². The van der Waals surface area contributed by atoms with Crippen LogP contribution < -0.4 is 10.6 Å². The molecule has 2 aromatic rings. The van der Waals surface area contributed by atoms with Crippen LogP contribution in [0.5, 0.6) is 5.75 Å². The first-order valence-corrected chi connectivity index (χ1v) is 10.6. The van der Waals surface area contributed by atoms with Crippen LogP contribution in [0.15, 0.2) is 43.7 Å². The van der Waals surface area contributed by atoms with Gasteiger partial charge in [0.05, 0.1) is 22.3 Å². The van der Waals surface area contributed by atoms with E-state index in [1.54, 1.807) is 26.2 Å². The largest absolute Gasteiger partial charge is 0.505 e. The number of nitrogens with zero attached hydrogens (tertiary/aromatic N) is 3. The van der Waals surface area contributed by atoms with Crippen LogP contribution in [0.4, 0.5) is 5.69 Å². The number of anilines is 1. The van der Waals surface area contributed by atoms with E-state index in [0.29, 0.717) is 17.2 Å². The van der Waals surface area contributed by atoms with Gasteiger partial charge < -0.3 is 25.1 Å². The summed E-state index contributed by atoms with van der Waals surface area (Å²) in [7, 11) is -1.01. The van der Waals surface area contributed by atoms with Crippen molar-refractivity contribution in [1.29, 1.82) is 0 Å². The number of nitrogens with one attached hydrogen (secondary N) is 2. The lowest BCUT2D eigenvalue weighted by Crippen LogP contribution is -2.36. The second kappa shape index (κ2) is 8.36. The predicted octanol–water partition coefficient (Wildman–Crippen LogP) is 2.55. The number of hydrogen-bond acceptors (Lipinski definition) is 7. The normalized spacial score (nSPS) is 15.9. The molecule has 1 atom stereocenters.